The minimum absolute atomic E-state index is 0.0255. The van der Waals surface area contributed by atoms with Crippen LogP contribution in [-0.2, 0) is 4.79 Å². The molecule has 1 fully saturated rings. The number of benzene rings is 1. The van der Waals surface area contributed by atoms with E-state index in [2.05, 4.69) is 10.4 Å². The highest BCUT2D eigenvalue weighted by atomic mass is 16.5. The number of β-amino-alcohol motifs (C(OH)–C–C–N with tert-alkyl or cyclic N) is 1. The number of rotatable bonds is 5. The number of guanidine groups is 1. The van der Waals surface area contributed by atoms with Gasteiger partial charge in [0.15, 0.2) is 0 Å². The van der Waals surface area contributed by atoms with Gasteiger partial charge in [-0.25, -0.2) is 14.8 Å². The molecule has 0 spiro atoms. The van der Waals surface area contributed by atoms with Gasteiger partial charge < -0.3 is 9.84 Å². The molecular weight excluding hydrogens is 364 g/mol. The first-order valence-corrected chi connectivity index (χ1v) is 8.86. The molecule has 2 atom stereocenters. The molecule has 2 unspecified atom stereocenters. The standard InChI is InChI=1S/C18H24N6O4/c1-10-5-6-13(7-11(10)2)28-9-12(25)8-24-14-15(20-17(24)21-19)22(3)18(27)23(4)16(14)26/h5-7,12,14,25H,8-9,19H2,1-4H3/p+1. The zero-order valence-corrected chi connectivity index (χ0v) is 16.3. The summed E-state index contributed by atoms with van der Waals surface area (Å²) in [4.78, 5) is 31.3. The van der Waals surface area contributed by atoms with Crippen LogP contribution in [0, 0.1) is 13.8 Å². The van der Waals surface area contributed by atoms with E-state index >= 15 is 0 Å². The van der Waals surface area contributed by atoms with Crippen molar-refractivity contribution in [2.75, 3.05) is 27.2 Å². The van der Waals surface area contributed by atoms with Crippen LogP contribution in [0.3, 0.4) is 0 Å². The Morgan fingerprint density at radius 1 is 1.29 bits per heavy atom. The third kappa shape index (κ3) is 3.43. The summed E-state index contributed by atoms with van der Waals surface area (Å²) in [6, 6.07) is 4.38. The predicted octanol–water partition coefficient (Wildman–Crippen LogP) is -0.821. The summed E-state index contributed by atoms with van der Waals surface area (Å²) < 4.78 is 7.20. The number of fused-ring (bicyclic) bond motifs is 1. The quantitative estimate of drug-likeness (QED) is 0.343. The van der Waals surface area contributed by atoms with Gasteiger partial charge in [-0.1, -0.05) is 11.1 Å². The number of carbonyl (C=O) groups excluding carboxylic acids is 2. The Morgan fingerprint density at radius 3 is 2.64 bits per heavy atom. The van der Waals surface area contributed by atoms with Gasteiger partial charge in [0.2, 0.25) is 11.9 Å². The Morgan fingerprint density at radius 2 is 2.00 bits per heavy atom. The number of carbonyl (C=O) groups is 2. The molecule has 0 radical (unpaired) electrons. The minimum Gasteiger partial charge on any atom is -0.491 e. The maximum atomic E-state index is 12.6. The van der Waals surface area contributed by atoms with Crippen molar-refractivity contribution in [3.63, 3.8) is 0 Å². The van der Waals surface area contributed by atoms with Gasteiger partial charge in [-0.3, -0.25) is 14.6 Å². The molecule has 3 amide bonds. The van der Waals surface area contributed by atoms with E-state index < -0.39 is 24.1 Å². The molecule has 10 heteroatoms. The van der Waals surface area contributed by atoms with Gasteiger partial charge in [0.1, 0.15) is 18.5 Å². The van der Waals surface area contributed by atoms with Crippen LogP contribution >= 0.6 is 0 Å². The number of hydrogen-bond donors (Lipinski definition) is 3. The molecule has 2 aliphatic heterocycles. The lowest BCUT2D eigenvalue weighted by molar-refractivity contribution is -0.545. The number of aryl methyl sites for hydroxylation is 2. The molecule has 1 saturated heterocycles. The minimum atomic E-state index is -0.916. The van der Waals surface area contributed by atoms with E-state index in [1.54, 1.807) is 0 Å². The molecule has 28 heavy (non-hydrogen) atoms. The molecule has 0 saturated carbocycles. The van der Waals surface area contributed by atoms with Gasteiger partial charge in [0, 0.05) is 14.1 Å². The SMILES string of the molecule is Cc1ccc(OCC(O)C[N+]2=C(NN)N=C3C2C(=O)N(C)C(=O)N3C)cc1C. The number of aliphatic hydroxyl groups excluding tert-OH is 1. The smallest absolute Gasteiger partial charge is 0.407 e. The number of aliphatic hydroxyl groups is 1. The molecule has 10 nitrogen and oxygen atoms in total. The van der Waals surface area contributed by atoms with Crippen LogP contribution in [0.4, 0.5) is 4.79 Å². The Balaban J connectivity index is 1.72. The van der Waals surface area contributed by atoms with Gasteiger partial charge >= 0.3 is 12.0 Å². The number of amidine groups is 1. The lowest BCUT2D eigenvalue weighted by Gasteiger charge is -2.32. The largest absolute Gasteiger partial charge is 0.491 e. The van der Waals surface area contributed by atoms with Crippen molar-refractivity contribution in [1.82, 2.24) is 15.2 Å². The summed E-state index contributed by atoms with van der Waals surface area (Å²) in [6.45, 7) is 4.07. The molecule has 3 rings (SSSR count). The molecule has 1 aromatic rings. The number of amides is 3. The third-order valence-corrected chi connectivity index (χ3v) is 4.99. The van der Waals surface area contributed by atoms with Gasteiger partial charge in [-0.2, -0.15) is 5.84 Å². The second-order valence-corrected chi connectivity index (χ2v) is 6.94. The number of ether oxygens (including phenoxy) is 1. The van der Waals surface area contributed by atoms with E-state index in [0.717, 1.165) is 16.0 Å². The van der Waals surface area contributed by atoms with E-state index in [4.69, 9.17) is 10.6 Å². The molecule has 2 aliphatic rings. The number of likely N-dealkylation sites (N-methyl/N-ethyl adjacent to an activating group) is 2. The highest BCUT2D eigenvalue weighted by Gasteiger charge is 2.51. The second kappa shape index (κ2) is 7.56. The Kier molecular flexibility index (Phi) is 5.34. The molecular formula is C18H25N6O4+. The van der Waals surface area contributed by atoms with Crippen molar-refractivity contribution >= 4 is 23.7 Å². The highest BCUT2D eigenvalue weighted by molar-refractivity contribution is 6.22. The number of nitrogens with one attached hydrogen (secondary N) is 1. The van der Waals surface area contributed by atoms with Crippen molar-refractivity contribution in [2.24, 2.45) is 10.8 Å². The number of urea groups is 1. The maximum absolute atomic E-state index is 12.6. The average Bonchev–Trinajstić information content (AvgIpc) is 3.04. The summed E-state index contributed by atoms with van der Waals surface area (Å²) in [5.74, 6) is 6.22. The summed E-state index contributed by atoms with van der Waals surface area (Å²) in [7, 11) is 2.94. The van der Waals surface area contributed by atoms with E-state index in [9.17, 15) is 14.7 Å². The summed E-state index contributed by atoms with van der Waals surface area (Å²) in [5.41, 5.74) is 4.68. The van der Waals surface area contributed by atoms with Crippen LogP contribution in [0.1, 0.15) is 11.1 Å². The van der Waals surface area contributed by atoms with Crippen molar-refractivity contribution in [3.05, 3.63) is 29.3 Å². The Labute approximate surface area is 162 Å². The first-order chi connectivity index (χ1) is 13.2. The van der Waals surface area contributed by atoms with Crippen LogP contribution in [0.5, 0.6) is 5.75 Å². The van der Waals surface area contributed by atoms with E-state index in [0.29, 0.717) is 5.75 Å². The maximum Gasteiger partial charge on any atom is 0.407 e. The van der Waals surface area contributed by atoms with Crippen LogP contribution in [0.15, 0.2) is 23.2 Å². The fourth-order valence-electron chi connectivity index (χ4n) is 3.18. The second-order valence-electron chi connectivity index (χ2n) is 6.94. The molecule has 4 N–H and O–H groups in total. The highest BCUT2D eigenvalue weighted by Crippen LogP contribution is 2.19. The molecule has 1 aromatic carbocycles. The summed E-state index contributed by atoms with van der Waals surface area (Å²) in [6.07, 6.45) is -0.916. The predicted molar refractivity (Wildman–Crippen MR) is 102 cm³/mol. The summed E-state index contributed by atoms with van der Waals surface area (Å²) >= 11 is 0. The summed E-state index contributed by atoms with van der Waals surface area (Å²) in [5, 5.41) is 10.5. The molecule has 0 aromatic heterocycles. The molecule has 0 bridgehead atoms. The van der Waals surface area contributed by atoms with Crippen LogP contribution in [0.2, 0.25) is 0 Å². The van der Waals surface area contributed by atoms with Crippen molar-refractivity contribution < 1.29 is 24.0 Å². The number of hydrogen-bond acceptors (Lipinski definition) is 7. The van der Waals surface area contributed by atoms with Gasteiger partial charge in [-0.15, -0.1) is 0 Å². The zero-order chi connectivity index (χ0) is 20.6. The molecule has 0 aliphatic carbocycles. The van der Waals surface area contributed by atoms with Crippen LogP contribution < -0.4 is 16.0 Å². The lowest BCUT2D eigenvalue weighted by atomic mass is 10.1. The number of imide groups is 1. The molecule has 2 heterocycles. The van der Waals surface area contributed by atoms with E-state index in [1.165, 1.54) is 23.6 Å². The van der Waals surface area contributed by atoms with Crippen molar-refractivity contribution in [3.8, 4) is 5.75 Å². The Hall–Kier alpha value is -2.98. The number of hydrazine groups is 1. The van der Waals surface area contributed by atoms with Gasteiger partial charge in [-0.05, 0) is 37.1 Å². The van der Waals surface area contributed by atoms with Crippen LogP contribution in [-0.4, -0.2) is 82.6 Å². The lowest BCUT2D eigenvalue weighted by Crippen LogP contribution is -2.62. The monoisotopic (exact) mass is 389 g/mol. The first kappa shape index (κ1) is 19.8. The average molecular weight is 389 g/mol. The van der Waals surface area contributed by atoms with Crippen molar-refractivity contribution in [1.29, 1.82) is 0 Å². The Bertz CT molecular complexity index is 881. The third-order valence-electron chi connectivity index (χ3n) is 4.99. The van der Waals surface area contributed by atoms with Crippen molar-refractivity contribution in [2.45, 2.75) is 26.0 Å². The van der Waals surface area contributed by atoms with E-state index in [1.807, 2.05) is 32.0 Å². The first-order valence-electron chi connectivity index (χ1n) is 8.86. The number of nitrogens with zero attached hydrogens (tertiary/aromatic N) is 4. The van der Waals surface area contributed by atoms with Crippen LogP contribution in [0.25, 0.3) is 0 Å². The zero-order valence-electron chi connectivity index (χ0n) is 16.3. The topological polar surface area (TPSA) is 123 Å². The fourth-order valence-corrected chi connectivity index (χ4v) is 3.18. The number of aliphatic imine (C=N–C) groups is 1. The van der Waals surface area contributed by atoms with Gasteiger partial charge in [0.05, 0.1) is 6.54 Å². The van der Waals surface area contributed by atoms with E-state index in [-0.39, 0.29) is 24.9 Å². The number of nitrogens with two attached hydrogens (primary N) is 1. The molecule has 150 valence electrons. The fraction of sp³-hybridized carbons (Fsp3) is 0.444. The normalized spacial score (nSPS) is 20.4. The van der Waals surface area contributed by atoms with Gasteiger partial charge in [0.25, 0.3) is 5.91 Å².